The molecule has 0 aliphatic carbocycles. The third-order valence-electron chi connectivity index (χ3n) is 3.23. The van der Waals surface area contributed by atoms with Crippen molar-refractivity contribution in [2.24, 2.45) is 0 Å². The van der Waals surface area contributed by atoms with E-state index in [0.29, 0.717) is 5.69 Å². The van der Waals surface area contributed by atoms with E-state index in [2.05, 4.69) is 10.3 Å². The van der Waals surface area contributed by atoms with Gasteiger partial charge in [0, 0.05) is 0 Å². The monoisotopic (exact) mass is 314 g/mol. The van der Waals surface area contributed by atoms with E-state index in [4.69, 9.17) is 5.73 Å². The lowest BCUT2D eigenvalue weighted by Gasteiger charge is -2.05. The van der Waals surface area contributed by atoms with Gasteiger partial charge in [0.05, 0.1) is 10.6 Å². The number of aromatic nitrogens is 3. The van der Waals surface area contributed by atoms with Gasteiger partial charge in [-0.2, -0.15) is 4.68 Å². The number of hydrogen-bond acceptors (Lipinski definition) is 5. The van der Waals surface area contributed by atoms with Crippen LogP contribution in [0, 0.1) is 6.92 Å². The van der Waals surface area contributed by atoms with Gasteiger partial charge in [-0.3, -0.25) is 0 Å². The molecular formula is C15H14N4O2S. The number of hydrogen-bond donors (Lipinski definition) is 1. The second kappa shape index (κ2) is 5.27. The van der Waals surface area contributed by atoms with Crippen molar-refractivity contribution in [3.63, 3.8) is 0 Å². The third-order valence-corrected chi connectivity index (χ3v) is 4.92. The summed E-state index contributed by atoms with van der Waals surface area (Å²) in [5.74, 6) is -0.00514. The van der Waals surface area contributed by atoms with Crippen molar-refractivity contribution < 1.29 is 8.42 Å². The van der Waals surface area contributed by atoms with E-state index in [1.54, 1.807) is 24.3 Å². The first-order chi connectivity index (χ1) is 10.5. The second-order valence-corrected chi connectivity index (χ2v) is 6.71. The highest BCUT2D eigenvalue weighted by molar-refractivity contribution is 7.91. The Morgan fingerprint density at radius 3 is 2.45 bits per heavy atom. The summed E-state index contributed by atoms with van der Waals surface area (Å²) < 4.78 is 26.5. The van der Waals surface area contributed by atoms with Gasteiger partial charge in [-0.1, -0.05) is 35.5 Å². The molecule has 3 aromatic rings. The summed E-state index contributed by atoms with van der Waals surface area (Å²) in [4.78, 5) is 0.137. The lowest BCUT2D eigenvalue weighted by molar-refractivity contribution is 0.592. The molecular weight excluding hydrogens is 300 g/mol. The number of rotatable bonds is 3. The van der Waals surface area contributed by atoms with Gasteiger partial charge < -0.3 is 5.73 Å². The number of benzene rings is 2. The van der Waals surface area contributed by atoms with E-state index in [0.717, 1.165) is 5.56 Å². The van der Waals surface area contributed by atoms with Crippen molar-refractivity contribution in [1.82, 2.24) is 15.0 Å². The first kappa shape index (κ1) is 14.3. The van der Waals surface area contributed by atoms with Crippen molar-refractivity contribution >= 4 is 15.7 Å². The van der Waals surface area contributed by atoms with Crippen molar-refractivity contribution in [2.75, 3.05) is 5.73 Å². The normalized spacial score (nSPS) is 11.5. The molecule has 1 aromatic heterocycles. The van der Waals surface area contributed by atoms with Crippen LogP contribution in [0.4, 0.5) is 5.82 Å². The quantitative estimate of drug-likeness (QED) is 0.798. The third kappa shape index (κ3) is 2.35. The van der Waals surface area contributed by atoms with Gasteiger partial charge in [0.1, 0.15) is 0 Å². The summed E-state index contributed by atoms with van der Waals surface area (Å²) >= 11 is 0. The van der Waals surface area contributed by atoms with Gasteiger partial charge >= 0.3 is 0 Å². The number of sulfone groups is 1. The standard InChI is InChI=1S/C15H14N4O2S/c1-11-6-5-7-12(10-11)19-14(16)15(17-18-19)22(20,21)13-8-3-2-4-9-13/h2-10H,16H2,1H3. The molecule has 0 bridgehead atoms. The summed E-state index contributed by atoms with van der Waals surface area (Å²) in [7, 11) is -3.79. The van der Waals surface area contributed by atoms with Gasteiger partial charge in [-0.15, -0.1) is 5.10 Å². The zero-order chi connectivity index (χ0) is 15.7. The van der Waals surface area contributed by atoms with Crippen LogP contribution >= 0.6 is 0 Å². The molecule has 0 aliphatic rings. The smallest absolute Gasteiger partial charge is 0.229 e. The molecule has 0 amide bonds. The predicted octanol–water partition coefficient (Wildman–Crippen LogP) is 1.99. The molecule has 7 heteroatoms. The molecule has 0 radical (unpaired) electrons. The molecule has 1 heterocycles. The fourth-order valence-corrected chi connectivity index (χ4v) is 3.37. The van der Waals surface area contributed by atoms with E-state index >= 15 is 0 Å². The molecule has 0 spiro atoms. The predicted molar refractivity (Wildman–Crippen MR) is 82.4 cm³/mol. The Labute approximate surface area is 128 Å². The highest BCUT2D eigenvalue weighted by Gasteiger charge is 2.26. The average Bonchev–Trinajstić information content (AvgIpc) is 2.90. The first-order valence-electron chi connectivity index (χ1n) is 6.58. The lowest BCUT2D eigenvalue weighted by Crippen LogP contribution is -2.07. The Morgan fingerprint density at radius 1 is 1.05 bits per heavy atom. The van der Waals surface area contributed by atoms with Crippen LogP contribution in [0.5, 0.6) is 0 Å². The zero-order valence-corrected chi connectivity index (χ0v) is 12.7. The van der Waals surface area contributed by atoms with Crippen molar-refractivity contribution in [2.45, 2.75) is 16.8 Å². The molecule has 3 rings (SSSR count). The molecule has 0 saturated heterocycles. The summed E-state index contributed by atoms with van der Waals surface area (Å²) in [5.41, 5.74) is 7.65. The largest absolute Gasteiger partial charge is 0.381 e. The maximum absolute atomic E-state index is 12.6. The molecule has 2 aromatic carbocycles. The number of aryl methyl sites for hydroxylation is 1. The van der Waals surface area contributed by atoms with Gasteiger partial charge in [0.15, 0.2) is 5.82 Å². The number of nitrogen functional groups attached to an aromatic ring is 1. The Morgan fingerprint density at radius 2 is 1.77 bits per heavy atom. The van der Waals surface area contributed by atoms with Crippen LogP contribution in [0.2, 0.25) is 0 Å². The maximum atomic E-state index is 12.6. The van der Waals surface area contributed by atoms with Gasteiger partial charge in [-0.25, -0.2) is 8.42 Å². The minimum Gasteiger partial charge on any atom is -0.381 e. The molecule has 0 atom stereocenters. The molecule has 22 heavy (non-hydrogen) atoms. The highest BCUT2D eigenvalue weighted by atomic mass is 32.2. The van der Waals surface area contributed by atoms with E-state index in [1.165, 1.54) is 16.8 Å². The first-order valence-corrected chi connectivity index (χ1v) is 8.07. The van der Waals surface area contributed by atoms with E-state index in [1.807, 2.05) is 25.1 Å². The maximum Gasteiger partial charge on any atom is 0.229 e. The summed E-state index contributed by atoms with van der Waals surface area (Å²) in [6, 6.07) is 15.4. The Hall–Kier alpha value is -2.67. The minimum atomic E-state index is -3.79. The SMILES string of the molecule is Cc1cccc(-n2nnc(S(=O)(=O)c3ccccc3)c2N)c1. The Kier molecular flexibility index (Phi) is 3.42. The highest BCUT2D eigenvalue weighted by Crippen LogP contribution is 2.25. The van der Waals surface area contributed by atoms with Crippen molar-refractivity contribution in [3.05, 3.63) is 60.2 Å². The zero-order valence-electron chi connectivity index (χ0n) is 11.8. The fourth-order valence-electron chi connectivity index (χ4n) is 2.13. The van der Waals surface area contributed by atoms with E-state index in [-0.39, 0.29) is 15.7 Å². The van der Waals surface area contributed by atoms with Crippen molar-refractivity contribution in [3.8, 4) is 5.69 Å². The van der Waals surface area contributed by atoms with Gasteiger partial charge in [-0.05, 0) is 36.8 Å². The molecule has 0 aliphatic heterocycles. The van der Waals surface area contributed by atoms with Crippen LogP contribution in [0.1, 0.15) is 5.56 Å². The van der Waals surface area contributed by atoms with Crippen LogP contribution < -0.4 is 5.73 Å². The average molecular weight is 314 g/mol. The summed E-state index contributed by atoms with van der Waals surface area (Å²) in [6.07, 6.45) is 0. The van der Waals surface area contributed by atoms with Crippen LogP contribution in [-0.2, 0) is 9.84 Å². The van der Waals surface area contributed by atoms with E-state index < -0.39 is 9.84 Å². The minimum absolute atomic E-state index is 0.00514. The number of anilines is 1. The molecule has 0 unspecified atom stereocenters. The van der Waals surface area contributed by atoms with Crippen LogP contribution in [0.3, 0.4) is 0 Å². The second-order valence-electron chi connectivity index (χ2n) is 4.85. The molecule has 2 N–H and O–H groups in total. The fraction of sp³-hybridized carbons (Fsp3) is 0.0667. The molecule has 0 fully saturated rings. The van der Waals surface area contributed by atoms with E-state index in [9.17, 15) is 8.42 Å². The van der Waals surface area contributed by atoms with Crippen LogP contribution in [0.25, 0.3) is 5.69 Å². The number of nitrogens with two attached hydrogens (primary N) is 1. The lowest BCUT2D eigenvalue weighted by atomic mass is 10.2. The topological polar surface area (TPSA) is 90.9 Å². The Balaban J connectivity index is 2.12. The van der Waals surface area contributed by atoms with Crippen molar-refractivity contribution in [1.29, 1.82) is 0 Å². The summed E-state index contributed by atoms with van der Waals surface area (Å²) in [6.45, 7) is 1.93. The van der Waals surface area contributed by atoms with Gasteiger partial charge in [0.25, 0.3) is 0 Å². The summed E-state index contributed by atoms with van der Waals surface area (Å²) in [5, 5.41) is 7.42. The van der Waals surface area contributed by atoms with Crippen LogP contribution in [0.15, 0.2) is 64.5 Å². The molecule has 0 saturated carbocycles. The Bertz CT molecular complexity index is 918. The van der Waals surface area contributed by atoms with Gasteiger partial charge in [0.2, 0.25) is 14.9 Å². The number of nitrogens with zero attached hydrogens (tertiary/aromatic N) is 3. The molecule has 6 nitrogen and oxygen atoms in total. The van der Waals surface area contributed by atoms with Crippen LogP contribution in [-0.4, -0.2) is 23.4 Å². The molecule has 112 valence electrons.